The molecule has 0 aliphatic heterocycles. The maximum Gasteiger partial charge on any atom is 0.271 e. The summed E-state index contributed by atoms with van der Waals surface area (Å²) < 4.78 is 21.6. The SMILES string of the molecule is NC(=O)c1nnc2cc(-c3ccc(CS(=O)[O-])cc3)ccc2c1NC1CC1. The molecule has 7 nitrogen and oxygen atoms in total. The highest BCUT2D eigenvalue weighted by atomic mass is 32.2. The van der Waals surface area contributed by atoms with Gasteiger partial charge in [0.25, 0.3) is 5.91 Å². The van der Waals surface area contributed by atoms with E-state index in [1.807, 2.05) is 30.3 Å². The first-order chi connectivity index (χ1) is 13.0. The van der Waals surface area contributed by atoms with Crippen molar-refractivity contribution in [2.75, 3.05) is 5.32 Å². The average molecular weight is 381 g/mol. The van der Waals surface area contributed by atoms with Crippen LogP contribution in [0.25, 0.3) is 22.0 Å². The van der Waals surface area contributed by atoms with Gasteiger partial charge in [-0.1, -0.05) is 41.4 Å². The van der Waals surface area contributed by atoms with Crippen molar-refractivity contribution in [2.45, 2.75) is 24.6 Å². The van der Waals surface area contributed by atoms with E-state index in [0.717, 1.165) is 34.9 Å². The zero-order valence-electron chi connectivity index (χ0n) is 14.3. The minimum atomic E-state index is -2.11. The first kappa shape index (κ1) is 17.6. The standard InChI is InChI=1S/C19H18N4O3S/c20-19(24)18-17(21-14-6-7-14)15-8-5-13(9-16(15)22-23-18)12-3-1-11(2-4-12)10-27(25)26/h1-5,8-9,14H,6-7,10H2,(H2,20,24)(H,21,22)(H,25,26)/p-1. The van der Waals surface area contributed by atoms with Crippen molar-refractivity contribution in [1.82, 2.24) is 10.2 Å². The molecule has 1 aliphatic carbocycles. The van der Waals surface area contributed by atoms with Crippen LogP contribution >= 0.6 is 0 Å². The molecule has 1 saturated carbocycles. The lowest BCUT2D eigenvalue weighted by Gasteiger charge is -2.12. The van der Waals surface area contributed by atoms with Crippen LogP contribution in [-0.2, 0) is 16.8 Å². The Morgan fingerprint density at radius 3 is 2.48 bits per heavy atom. The number of nitrogens with zero attached hydrogens (tertiary/aromatic N) is 2. The normalized spacial score (nSPS) is 14.9. The summed E-state index contributed by atoms with van der Waals surface area (Å²) in [5, 5.41) is 12.3. The number of carbonyl (C=O) groups excluding carboxylic acids is 1. The van der Waals surface area contributed by atoms with Gasteiger partial charge in [0.15, 0.2) is 5.69 Å². The molecule has 4 rings (SSSR count). The van der Waals surface area contributed by atoms with Crippen molar-refractivity contribution in [3.05, 3.63) is 53.7 Å². The Bertz CT molecular complexity index is 1050. The van der Waals surface area contributed by atoms with E-state index in [4.69, 9.17) is 5.73 Å². The predicted molar refractivity (Wildman–Crippen MR) is 103 cm³/mol. The van der Waals surface area contributed by atoms with Gasteiger partial charge in [-0.2, -0.15) is 0 Å². The number of rotatable bonds is 6. The van der Waals surface area contributed by atoms with E-state index in [1.54, 1.807) is 12.1 Å². The zero-order valence-corrected chi connectivity index (χ0v) is 15.2. The van der Waals surface area contributed by atoms with Crippen LogP contribution in [0, 0.1) is 0 Å². The summed E-state index contributed by atoms with van der Waals surface area (Å²) in [6, 6.07) is 13.4. The Balaban J connectivity index is 1.73. The minimum absolute atomic E-state index is 0.00440. The number of hydrogen-bond acceptors (Lipinski definition) is 6. The monoisotopic (exact) mass is 381 g/mol. The third-order valence-electron chi connectivity index (χ3n) is 4.49. The lowest BCUT2D eigenvalue weighted by atomic mass is 10.0. The van der Waals surface area contributed by atoms with Crippen LogP contribution in [0.4, 0.5) is 5.69 Å². The molecule has 1 fully saturated rings. The Morgan fingerprint density at radius 2 is 1.85 bits per heavy atom. The second kappa shape index (κ2) is 7.05. The lowest BCUT2D eigenvalue weighted by molar-refractivity contribution is 0.0995. The molecule has 138 valence electrons. The molecular formula is C19H17N4O3S-. The van der Waals surface area contributed by atoms with Crippen LogP contribution in [0.5, 0.6) is 0 Å². The highest BCUT2D eigenvalue weighted by Crippen LogP contribution is 2.33. The van der Waals surface area contributed by atoms with Gasteiger partial charge in [0.05, 0.1) is 11.2 Å². The van der Waals surface area contributed by atoms with Crippen molar-refractivity contribution >= 4 is 33.6 Å². The lowest BCUT2D eigenvalue weighted by Crippen LogP contribution is -2.18. The molecule has 1 aliphatic rings. The number of amides is 1. The van der Waals surface area contributed by atoms with Gasteiger partial charge in [-0.05, 0) is 41.7 Å². The van der Waals surface area contributed by atoms with Gasteiger partial charge in [0.2, 0.25) is 0 Å². The molecule has 2 aromatic carbocycles. The highest BCUT2D eigenvalue weighted by Gasteiger charge is 2.25. The Hall–Kier alpha value is -2.84. The van der Waals surface area contributed by atoms with Gasteiger partial charge < -0.3 is 15.6 Å². The summed E-state index contributed by atoms with van der Waals surface area (Å²) in [6.07, 6.45) is 2.11. The summed E-state index contributed by atoms with van der Waals surface area (Å²) in [6.45, 7) is 0. The topological polar surface area (TPSA) is 121 Å². The number of anilines is 1. The number of carbonyl (C=O) groups is 1. The number of nitrogens with two attached hydrogens (primary N) is 1. The van der Waals surface area contributed by atoms with Gasteiger partial charge in [0.1, 0.15) is 0 Å². The van der Waals surface area contributed by atoms with E-state index < -0.39 is 17.0 Å². The van der Waals surface area contributed by atoms with Crippen LogP contribution in [0.1, 0.15) is 28.9 Å². The first-order valence-corrected chi connectivity index (χ1v) is 9.77. The van der Waals surface area contributed by atoms with Crippen molar-refractivity contribution < 1.29 is 13.6 Å². The van der Waals surface area contributed by atoms with E-state index in [0.29, 0.717) is 17.2 Å². The number of fused-ring (bicyclic) bond motifs is 1. The second-order valence-corrected chi connectivity index (χ2v) is 7.48. The van der Waals surface area contributed by atoms with Crippen molar-refractivity contribution in [2.24, 2.45) is 5.73 Å². The maximum absolute atomic E-state index is 11.7. The van der Waals surface area contributed by atoms with Crippen LogP contribution < -0.4 is 11.1 Å². The largest absolute Gasteiger partial charge is 0.772 e. The van der Waals surface area contributed by atoms with Gasteiger partial charge in [0, 0.05) is 17.2 Å². The van der Waals surface area contributed by atoms with Crippen molar-refractivity contribution in [3.8, 4) is 11.1 Å². The summed E-state index contributed by atoms with van der Waals surface area (Å²) in [7, 11) is 0. The molecule has 0 spiro atoms. The highest BCUT2D eigenvalue weighted by molar-refractivity contribution is 7.78. The summed E-state index contributed by atoms with van der Waals surface area (Å²) in [4.78, 5) is 11.7. The van der Waals surface area contributed by atoms with Crippen molar-refractivity contribution in [1.29, 1.82) is 0 Å². The van der Waals surface area contributed by atoms with Crippen LogP contribution in [0.15, 0.2) is 42.5 Å². The molecular weight excluding hydrogens is 364 g/mol. The average Bonchev–Trinajstić information content (AvgIpc) is 3.45. The number of benzene rings is 2. The third kappa shape index (κ3) is 3.81. The Morgan fingerprint density at radius 1 is 1.15 bits per heavy atom. The van der Waals surface area contributed by atoms with Gasteiger partial charge in [-0.25, -0.2) is 0 Å². The van der Waals surface area contributed by atoms with Crippen LogP contribution in [0.2, 0.25) is 0 Å². The Kier molecular flexibility index (Phi) is 4.59. The Labute approximate surface area is 158 Å². The molecule has 1 unspecified atom stereocenters. The fraction of sp³-hybridized carbons (Fsp3) is 0.211. The summed E-state index contributed by atoms with van der Waals surface area (Å²) in [5.41, 5.74) is 9.49. The molecule has 3 N–H and O–H groups in total. The van der Waals surface area contributed by atoms with E-state index in [2.05, 4.69) is 15.5 Å². The van der Waals surface area contributed by atoms with E-state index in [-0.39, 0.29) is 11.4 Å². The molecule has 0 bridgehead atoms. The van der Waals surface area contributed by atoms with Crippen molar-refractivity contribution in [3.63, 3.8) is 0 Å². The molecule has 0 saturated heterocycles. The smallest absolute Gasteiger partial charge is 0.271 e. The van der Waals surface area contributed by atoms with Gasteiger partial charge in [-0.15, -0.1) is 10.2 Å². The molecule has 1 heterocycles. The summed E-state index contributed by atoms with van der Waals surface area (Å²) in [5.74, 6) is -0.613. The quantitative estimate of drug-likeness (QED) is 0.632. The van der Waals surface area contributed by atoms with E-state index >= 15 is 0 Å². The van der Waals surface area contributed by atoms with Crippen LogP contribution in [-0.4, -0.2) is 30.9 Å². The maximum atomic E-state index is 11.7. The predicted octanol–water partition coefficient (Wildman–Crippen LogP) is 2.35. The molecule has 0 radical (unpaired) electrons. The summed E-state index contributed by atoms with van der Waals surface area (Å²) >= 11 is -2.11. The fourth-order valence-electron chi connectivity index (χ4n) is 2.97. The molecule has 8 heteroatoms. The van der Waals surface area contributed by atoms with Gasteiger partial charge >= 0.3 is 0 Å². The molecule has 3 aromatic rings. The molecule has 27 heavy (non-hydrogen) atoms. The number of nitrogens with one attached hydrogen (secondary N) is 1. The van der Waals surface area contributed by atoms with Gasteiger partial charge in [-0.3, -0.25) is 9.00 Å². The van der Waals surface area contributed by atoms with E-state index in [1.165, 1.54) is 0 Å². The second-order valence-electron chi connectivity index (χ2n) is 6.58. The molecule has 1 atom stereocenters. The molecule has 1 aromatic heterocycles. The zero-order chi connectivity index (χ0) is 19.0. The number of aromatic nitrogens is 2. The number of hydrogen-bond donors (Lipinski definition) is 2. The van der Waals surface area contributed by atoms with Crippen LogP contribution in [0.3, 0.4) is 0 Å². The van der Waals surface area contributed by atoms with E-state index in [9.17, 15) is 13.6 Å². The minimum Gasteiger partial charge on any atom is -0.772 e. The first-order valence-electron chi connectivity index (χ1n) is 8.53. The fourth-order valence-corrected chi connectivity index (χ4v) is 3.43. The number of primary amides is 1. The molecule has 1 amide bonds. The third-order valence-corrected chi connectivity index (χ3v) is 5.06.